The highest BCUT2D eigenvalue weighted by atomic mass is 16.6. The van der Waals surface area contributed by atoms with Crippen molar-refractivity contribution in [3.8, 4) is 0 Å². The van der Waals surface area contributed by atoms with Crippen molar-refractivity contribution in [3.05, 3.63) is 203 Å². The smallest absolute Gasteiger partial charge is 0.408 e. The minimum atomic E-state index is -0.868. The van der Waals surface area contributed by atoms with E-state index in [1.54, 1.807) is 0 Å². The van der Waals surface area contributed by atoms with Gasteiger partial charge in [-0.05, 0) is 64.1 Å². The highest BCUT2D eigenvalue weighted by molar-refractivity contribution is 5.97. The average molecular weight is 761 g/mol. The highest BCUT2D eigenvalue weighted by Gasteiger charge is 2.24. The van der Waals surface area contributed by atoms with Gasteiger partial charge in [0.1, 0.15) is 25.3 Å². The van der Waals surface area contributed by atoms with Crippen molar-refractivity contribution < 1.29 is 28.7 Å². The maximum Gasteiger partial charge on any atom is 0.408 e. The first-order valence-corrected chi connectivity index (χ1v) is 18.7. The summed E-state index contributed by atoms with van der Waals surface area (Å²) in [6.45, 7) is 0.178. The van der Waals surface area contributed by atoms with Crippen LogP contribution in [0.2, 0.25) is 0 Å². The van der Waals surface area contributed by atoms with Crippen molar-refractivity contribution in [2.24, 2.45) is 0 Å². The van der Waals surface area contributed by atoms with E-state index in [1.807, 2.05) is 170 Å². The lowest BCUT2D eigenvalue weighted by atomic mass is 10.0. The highest BCUT2D eigenvalue weighted by Crippen LogP contribution is 2.18. The molecule has 4 amide bonds. The van der Waals surface area contributed by atoms with Gasteiger partial charge < -0.3 is 30.7 Å². The molecule has 2 atom stereocenters. The molecular weight excluding hydrogens is 717 g/mol. The van der Waals surface area contributed by atoms with Crippen molar-refractivity contribution in [2.45, 2.75) is 44.6 Å². The Kier molecular flexibility index (Phi) is 14.2. The van der Waals surface area contributed by atoms with Gasteiger partial charge in [0, 0.05) is 24.2 Å². The summed E-state index contributed by atoms with van der Waals surface area (Å²) in [6, 6.07) is 50.9. The fourth-order valence-corrected chi connectivity index (χ4v) is 6.04. The van der Waals surface area contributed by atoms with Gasteiger partial charge >= 0.3 is 12.2 Å². The second-order valence-electron chi connectivity index (χ2n) is 13.4. The summed E-state index contributed by atoms with van der Waals surface area (Å²) in [5.74, 6) is -0.739. The van der Waals surface area contributed by atoms with Crippen molar-refractivity contribution in [2.75, 3.05) is 10.6 Å². The topological polar surface area (TPSA) is 135 Å². The van der Waals surface area contributed by atoms with Crippen LogP contribution in [0.25, 0.3) is 0 Å². The molecule has 0 radical (unpaired) electrons. The Bertz CT molecular complexity index is 2030. The van der Waals surface area contributed by atoms with Crippen LogP contribution in [0.15, 0.2) is 170 Å². The Morgan fingerprint density at radius 1 is 0.386 bits per heavy atom. The minimum Gasteiger partial charge on any atom is -0.445 e. The molecule has 0 unspecified atom stereocenters. The number of rotatable bonds is 16. The molecule has 0 heterocycles. The quantitative estimate of drug-likeness (QED) is 0.0786. The summed E-state index contributed by atoms with van der Waals surface area (Å²) in [4.78, 5) is 52.3. The summed E-state index contributed by atoms with van der Waals surface area (Å²) in [5.41, 5.74) is 6.66. The molecule has 0 fully saturated rings. The largest absolute Gasteiger partial charge is 0.445 e. The molecule has 0 spiro atoms. The third-order valence-electron chi connectivity index (χ3n) is 9.06. The predicted molar refractivity (Wildman–Crippen MR) is 220 cm³/mol. The number of ether oxygens (including phenoxy) is 2. The van der Waals surface area contributed by atoms with Gasteiger partial charge in [0.2, 0.25) is 11.8 Å². The van der Waals surface area contributed by atoms with Gasteiger partial charge in [-0.25, -0.2) is 9.59 Å². The Labute approximate surface area is 332 Å². The number of anilines is 2. The molecule has 4 N–H and O–H groups in total. The first-order valence-electron chi connectivity index (χ1n) is 18.7. The van der Waals surface area contributed by atoms with Crippen molar-refractivity contribution >= 4 is 35.4 Å². The number of carbonyl (C=O) groups excluding carboxylic acids is 4. The van der Waals surface area contributed by atoms with Crippen LogP contribution in [0.1, 0.15) is 33.4 Å². The lowest BCUT2D eigenvalue weighted by Gasteiger charge is -2.19. The number of benzene rings is 6. The van der Waals surface area contributed by atoms with E-state index in [0.29, 0.717) is 17.8 Å². The van der Waals surface area contributed by atoms with Gasteiger partial charge in [-0.2, -0.15) is 0 Å². The van der Waals surface area contributed by atoms with Crippen LogP contribution in [-0.4, -0.2) is 36.1 Å². The Morgan fingerprint density at radius 3 is 1.04 bits per heavy atom. The zero-order chi connectivity index (χ0) is 39.7. The van der Waals surface area contributed by atoms with Crippen LogP contribution < -0.4 is 21.3 Å². The third kappa shape index (κ3) is 13.0. The molecule has 10 nitrogen and oxygen atoms in total. The second kappa shape index (κ2) is 20.5. The normalized spacial score (nSPS) is 11.6. The van der Waals surface area contributed by atoms with Gasteiger partial charge in [0.25, 0.3) is 0 Å². The number of amides is 4. The molecule has 0 aliphatic carbocycles. The molecule has 57 heavy (non-hydrogen) atoms. The monoisotopic (exact) mass is 760 g/mol. The lowest BCUT2D eigenvalue weighted by molar-refractivity contribution is -0.118. The van der Waals surface area contributed by atoms with E-state index < -0.39 is 24.3 Å². The Hall–Kier alpha value is -7.20. The standard InChI is InChI=1S/C47H44N4O6/c52-44(42(30-34-13-5-1-6-14-34)50-46(54)56-32-38-17-9-3-10-18-38)48-40-25-21-36(22-26-40)29-37-23-27-41(28-24-37)49-45(53)43(31-35-15-7-2-8-16-35)51-47(55)57-33-39-19-11-4-12-20-39/h1-28,42-43H,29-33H2,(H,48,52)(H,49,53)(H,50,54)(H,51,55)/t42-,43-/m0/s1. The third-order valence-corrected chi connectivity index (χ3v) is 9.06. The van der Waals surface area contributed by atoms with Gasteiger partial charge in [0.05, 0.1) is 0 Å². The number of carbonyl (C=O) groups is 4. The molecule has 10 heteroatoms. The maximum atomic E-state index is 13.4. The van der Waals surface area contributed by atoms with E-state index >= 15 is 0 Å². The molecule has 0 aliphatic rings. The molecule has 6 aromatic carbocycles. The van der Waals surface area contributed by atoms with Crippen molar-refractivity contribution in [3.63, 3.8) is 0 Å². The Morgan fingerprint density at radius 2 is 0.702 bits per heavy atom. The summed E-state index contributed by atoms with van der Waals surface area (Å²) < 4.78 is 10.8. The fourth-order valence-electron chi connectivity index (χ4n) is 6.04. The molecule has 288 valence electrons. The molecule has 0 bridgehead atoms. The van der Waals surface area contributed by atoms with E-state index in [0.717, 1.165) is 33.4 Å². The summed E-state index contributed by atoms with van der Waals surface area (Å²) in [6.07, 6.45) is -0.183. The van der Waals surface area contributed by atoms with Crippen molar-refractivity contribution in [1.29, 1.82) is 0 Å². The van der Waals surface area contributed by atoms with Gasteiger partial charge in [0.15, 0.2) is 0 Å². The van der Waals surface area contributed by atoms with Gasteiger partial charge in [-0.3, -0.25) is 9.59 Å². The minimum absolute atomic E-state index is 0.0891. The van der Waals surface area contributed by atoms with E-state index in [-0.39, 0.29) is 37.9 Å². The zero-order valence-corrected chi connectivity index (χ0v) is 31.3. The van der Waals surface area contributed by atoms with E-state index in [4.69, 9.17) is 9.47 Å². The van der Waals surface area contributed by atoms with Crippen LogP contribution >= 0.6 is 0 Å². The van der Waals surface area contributed by atoms with Crippen LogP contribution in [-0.2, 0) is 51.5 Å². The maximum absolute atomic E-state index is 13.4. The zero-order valence-electron chi connectivity index (χ0n) is 31.3. The SMILES string of the molecule is O=C(N[C@@H](Cc1ccccc1)C(=O)Nc1ccc(Cc2ccc(NC(=O)[C@H](Cc3ccccc3)NC(=O)OCc3ccccc3)cc2)cc1)OCc1ccccc1. The number of hydrogen-bond acceptors (Lipinski definition) is 6. The molecule has 6 aromatic rings. The van der Waals surface area contributed by atoms with Crippen LogP contribution in [0, 0.1) is 0 Å². The van der Waals surface area contributed by atoms with Crippen molar-refractivity contribution in [1.82, 2.24) is 10.6 Å². The van der Waals surface area contributed by atoms with E-state index in [9.17, 15) is 19.2 Å². The molecule has 0 aromatic heterocycles. The number of nitrogens with one attached hydrogen (secondary N) is 4. The van der Waals surface area contributed by atoms with E-state index in [1.165, 1.54) is 0 Å². The first kappa shape index (κ1) is 39.5. The molecular formula is C47H44N4O6. The first-order chi connectivity index (χ1) is 27.9. The van der Waals surface area contributed by atoms with E-state index in [2.05, 4.69) is 21.3 Å². The second-order valence-corrected chi connectivity index (χ2v) is 13.4. The predicted octanol–water partition coefficient (Wildman–Crippen LogP) is 8.23. The fraction of sp³-hybridized carbons (Fsp3) is 0.149. The van der Waals surface area contributed by atoms with Gasteiger partial charge in [-0.15, -0.1) is 0 Å². The van der Waals surface area contributed by atoms with Crippen LogP contribution in [0.3, 0.4) is 0 Å². The summed E-state index contributed by atoms with van der Waals surface area (Å²) >= 11 is 0. The molecule has 0 saturated heterocycles. The van der Waals surface area contributed by atoms with Gasteiger partial charge in [-0.1, -0.05) is 146 Å². The van der Waals surface area contributed by atoms with Crippen LogP contribution in [0.5, 0.6) is 0 Å². The summed E-state index contributed by atoms with van der Waals surface area (Å²) in [5, 5.41) is 11.3. The Balaban J connectivity index is 1.02. The summed E-state index contributed by atoms with van der Waals surface area (Å²) in [7, 11) is 0. The molecule has 0 saturated carbocycles. The molecule has 0 aliphatic heterocycles. The lowest BCUT2D eigenvalue weighted by Crippen LogP contribution is -2.45. The molecule has 6 rings (SSSR count). The van der Waals surface area contributed by atoms with Crippen LogP contribution in [0.4, 0.5) is 21.0 Å². The number of alkyl carbamates (subject to hydrolysis) is 2. The number of hydrogen-bond donors (Lipinski definition) is 4. The average Bonchev–Trinajstić information content (AvgIpc) is 3.24.